The Balaban J connectivity index is 2.13. The number of nitrogens with zero attached hydrogens (tertiary/aromatic N) is 2. The molecule has 1 aromatic rings. The topological polar surface area (TPSA) is 28.2 Å². The fraction of sp³-hybridized carbons (Fsp3) is 0.706. The molecule has 2 unspecified atom stereocenters. The average molecular weight is 275 g/mol. The zero-order chi connectivity index (χ0) is 14.5. The van der Waals surface area contributed by atoms with E-state index in [1.807, 2.05) is 12.3 Å². The van der Waals surface area contributed by atoms with Crippen molar-refractivity contribution in [1.82, 2.24) is 10.3 Å². The first-order valence-electron chi connectivity index (χ1n) is 7.99. The number of anilines is 1. The molecule has 0 aromatic carbocycles. The van der Waals surface area contributed by atoms with Gasteiger partial charge in [0.15, 0.2) is 0 Å². The molecule has 3 nitrogen and oxygen atoms in total. The van der Waals surface area contributed by atoms with Gasteiger partial charge in [-0.1, -0.05) is 39.7 Å². The van der Waals surface area contributed by atoms with Gasteiger partial charge in [0, 0.05) is 37.4 Å². The van der Waals surface area contributed by atoms with Gasteiger partial charge in [0.1, 0.15) is 5.82 Å². The Hall–Kier alpha value is -1.09. The van der Waals surface area contributed by atoms with E-state index in [0.717, 1.165) is 18.3 Å². The van der Waals surface area contributed by atoms with Gasteiger partial charge in [0.25, 0.3) is 0 Å². The van der Waals surface area contributed by atoms with Gasteiger partial charge in [-0.05, 0) is 24.8 Å². The molecule has 1 aliphatic rings. The number of hydrogen-bond acceptors (Lipinski definition) is 3. The number of aromatic nitrogens is 1. The zero-order valence-corrected chi connectivity index (χ0v) is 13.4. The van der Waals surface area contributed by atoms with Gasteiger partial charge < -0.3 is 10.2 Å². The van der Waals surface area contributed by atoms with Crippen LogP contribution in [-0.4, -0.2) is 24.1 Å². The molecule has 0 bridgehead atoms. The third kappa shape index (κ3) is 3.72. The summed E-state index contributed by atoms with van der Waals surface area (Å²) < 4.78 is 0. The van der Waals surface area contributed by atoms with Gasteiger partial charge in [0.2, 0.25) is 0 Å². The Morgan fingerprint density at radius 3 is 2.80 bits per heavy atom. The molecule has 3 heteroatoms. The highest BCUT2D eigenvalue weighted by Crippen LogP contribution is 2.30. The summed E-state index contributed by atoms with van der Waals surface area (Å²) in [6.45, 7) is 7.65. The highest BCUT2D eigenvalue weighted by atomic mass is 15.2. The largest absolute Gasteiger partial charge is 0.356 e. The second kappa shape index (κ2) is 7.07. The van der Waals surface area contributed by atoms with Crippen LogP contribution in [0.3, 0.4) is 0 Å². The molecule has 1 N–H and O–H groups in total. The van der Waals surface area contributed by atoms with E-state index < -0.39 is 0 Å². The Bertz CT molecular complexity index is 416. The first-order chi connectivity index (χ1) is 9.59. The highest BCUT2D eigenvalue weighted by Gasteiger charge is 2.26. The summed E-state index contributed by atoms with van der Waals surface area (Å²) in [6.07, 6.45) is 7.30. The molecule has 0 saturated heterocycles. The smallest absolute Gasteiger partial charge is 0.133 e. The summed E-state index contributed by atoms with van der Waals surface area (Å²) in [5.74, 6) is 1.92. The van der Waals surface area contributed by atoms with Crippen molar-refractivity contribution >= 4 is 5.82 Å². The van der Waals surface area contributed by atoms with Gasteiger partial charge in [-0.15, -0.1) is 0 Å². The third-order valence-electron chi connectivity index (χ3n) is 4.47. The van der Waals surface area contributed by atoms with Gasteiger partial charge in [-0.2, -0.15) is 0 Å². The number of nitrogens with one attached hydrogen (secondary N) is 1. The molecule has 1 heterocycles. The summed E-state index contributed by atoms with van der Waals surface area (Å²) in [6, 6.07) is 5.37. The molecule has 2 rings (SSSR count). The lowest BCUT2D eigenvalue weighted by Crippen LogP contribution is -2.40. The van der Waals surface area contributed by atoms with Crippen molar-refractivity contribution in [3.63, 3.8) is 0 Å². The Morgan fingerprint density at radius 1 is 1.35 bits per heavy atom. The molecule has 20 heavy (non-hydrogen) atoms. The summed E-state index contributed by atoms with van der Waals surface area (Å²) in [7, 11) is 2.22. The average Bonchev–Trinajstić information content (AvgIpc) is 2.45. The number of rotatable bonds is 5. The summed E-state index contributed by atoms with van der Waals surface area (Å²) in [5.41, 5.74) is 1.31. The van der Waals surface area contributed by atoms with E-state index in [1.165, 1.54) is 31.2 Å². The summed E-state index contributed by atoms with van der Waals surface area (Å²) in [4.78, 5) is 7.07. The van der Waals surface area contributed by atoms with Gasteiger partial charge in [-0.3, -0.25) is 0 Å². The van der Waals surface area contributed by atoms with Crippen LogP contribution in [0.15, 0.2) is 18.3 Å². The fourth-order valence-electron chi connectivity index (χ4n) is 3.23. The molecule has 0 spiro atoms. The maximum atomic E-state index is 4.65. The number of pyridine rings is 1. The molecule has 2 atom stereocenters. The Labute approximate surface area is 123 Å². The Morgan fingerprint density at radius 2 is 2.10 bits per heavy atom. The lowest BCUT2D eigenvalue weighted by Gasteiger charge is -2.37. The van der Waals surface area contributed by atoms with E-state index >= 15 is 0 Å². The molecule has 0 aliphatic heterocycles. The van der Waals surface area contributed by atoms with Crippen LogP contribution in [0, 0.1) is 5.92 Å². The van der Waals surface area contributed by atoms with Gasteiger partial charge >= 0.3 is 0 Å². The van der Waals surface area contributed by atoms with Crippen LogP contribution in [0.25, 0.3) is 0 Å². The van der Waals surface area contributed by atoms with E-state index in [2.05, 4.69) is 49.1 Å². The predicted octanol–water partition coefficient (Wildman–Crippen LogP) is 3.59. The second-order valence-corrected chi connectivity index (χ2v) is 6.46. The molecule has 0 amide bonds. The predicted molar refractivity (Wildman–Crippen MR) is 86.0 cm³/mol. The van der Waals surface area contributed by atoms with Crippen molar-refractivity contribution in [2.24, 2.45) is 5.92 Å². The minimum absolute atomic E-state index is 0.502. The van der Waals surface area contributed by atoms with Crippen molar-refractivity contribution in [2.75, 3.05) is 11.9 Å². The van der Waals surface area contributed by atoms with Crippen molar-refractivity contribution in [3.8, 4) is 0 Å². The SMILES string of the molecule is CC(C)NCc1cccnc1N(C)C1CCCCC1C. The summed E-state index contributed by atoms with van der Waals surface area (Å²) in [5, 5.41) is 3.50. The van der Waals surface area contributed by atoms with E-state index in [0.29, 0.717) is 12.1 Å². The maximum Gasteiger partial charge on any atom is 0.133 e. The van der Waals surface area contributed by atoms with Crippen molar-refractivity contribution in [1.29, 1.82) is 0 Å². The zero-order valence-electron chi connectivity index (χ0n) is 13.4. The van der Waals surface area contributed by atoms with Crippen LogP contribution in [0.2, 0.25) is 0 Å². The van der Waals surface area contributed by atoms with Gasteiger partial charge in [-0.25, -0.2) is 4.98 Å². The van der Waals surface area contributed by atoms with Crippen LogP contribution in [0.5, 0.6) is 0 Å². The molecular weight excluding hydrogens is 246 g/mol. The van der Waals surface area contributed by atoms with Crippen molar-refractivity contribution in [2.45, 2.75) is 65.1 Å². The molecule has 1 aromatic heterocycles. The third-order valence-corrected chi connectivity index (χ3v) is 4.47. The molecule has 1 saturated carbocycles. The molecule has 1 aliphatic carbocycles. The second-order valence-electron chi connectivity index (χ2n) is 6.46. The van der Waals surface area contributed by atoms with Gasteiger partial charge in [0.05, 0.1) is 0 Å². The van der Waals surface area contributed by atoms with E-state index in [1.54, 1.807) is 0 Å². The fourth-order valence-corrected chi connectivity index (χ4v) is 3.23. The van der Waals surface area contributed by atoms with Crippen LogP contribution in [0.4, 0.5) is 5.82 Å². The lowest BCUT2D eigenvalue weighted by atomic mass is 9.85. The summed E-state index contributed by atoms with van der Waals surface area (Å²) >= 11 is 0. The molecule has 112 valence electrons. The van der Waals surface area contributed by atoms with Crippen LogP contribution < -0.4 is 10.2 Å². The van der Waals surface area contributed by atoms with E-state index in [-0.39, 0.29) is 0 Å². The minimum atomic E-state index is 0.502. The lowest BCUT2D eigenvalue weighted by molar-refractivity contribution is 0.320. The van der Waals surface area contributed by atoms with Crippen LogP contribution in [-0.2, 0) is 6.54 Å². The molecular formula is C17H29N3. The molecule has 1 fully saturated rings. The quantitative estimate of drug-likeness (QED) is 0.890. The van der Waals surface area contributed by atoms with Crippen LogP contribution >= 0.6 is 0 Å². The molecule has 0 radical (unpaired) electrons. The standard InChI is InChI=1S/C17H29N3/c1-13(2)19-12-15-9-7-11-18-17(15)20(4)16-10-6-5-8-14(16)3/h7,9,11,13-14,16,19H,5-6,8,10,12H2,1-4H3. The number of hydrogen-bond donors (Lipinski definition) is 1. The maximum absolute atomic E-state index is 4.65. The first kappa shape index (κ1) is 15.3. The Kier molecular flexibility index (Phi) is 5.41. The van der Waals surface area contributed by atoms with Crippen molar-refractivity contribution in [3.05, 3.63) is 23.9 Å². The van der Waals surface area contributed by atoms with Crippen molar-refractivity contribution < 1.29 is 0 Å². The van der Waals surface area contributed by atoms with E-state index in [9.17, 15) is 0 Å². The van der Waals surface area contributed by atoms with E-state index in [4.69, 9.17) is 0 Å². The van der Waals surface area contributed by atoms with Crippen LogP contribution in [0.1, 0.15) is 52.0 Å². The first-order valence-corrected chi connectivity index (χ1v) is 7.99. The normalized spacial score (nSPS) is 23.1. The minimum Gasteiger partial charge on any atom is -0.356 e. The highest BCUT2D eigenvalue weighted by molar-refractivity contribution is 5.47. The monoisotopic (exact) mass is 275 g/mol.